The minimum atomic E-state index is -0.188. The number of amides is 1. The van der Waals surface area contributed by atoms with Gasteiger partial charge in [-0.2, -0.15) is 0 Å². The highest BCUT2D eigenvalue weighted by molar-refractivity contribution is 5.96. The number of pyridine rings is 1. The lowest BCUT2D eigenvalue weighted by Gasteiger charge is -2.16. The fraction of sp³-hybridized carbons (Fsp3) is 0.250. The van der Waals surface area contributed by atoms with Gasteiger partial charge >= 0.3 is 0 Å². The number of benzene rings is 1. The fourth-order valence-corrected chi connectivity index (χ4v) is 2.18. The first kappa shape index (κ1) is 14.1. The molecular formula is C16H18N2O2. The Bertz CT molecular complexity index is 742. The van der Waals surface area contributed by atoms with E-state index in [1.54, 1.807) is 26.2 Å². The van der Waals surface area contributed by atoms with Crippen LogP contribution in [0.4, 0.5) is 0 Å². The maximum atomic E-state index is 12.6. The van der Waals surface area contributed by atoms with E-state index in [0.29, 0.717) is 17.6 Å². The van der Waals surface area contributed by atoms with Crippen molar-refractivity contribution in [1.29, 1.82) is 0 Å². The van der Waals surface area contributed by atoms with Crippen LogP contribution in [0.2, 0.25) is 0 Å². The normalized spacial score (nSPS) is 10.6. The van der Waals surface area contributed by atoms with Crippen LogP contribution in [-0.2, 0) is 6.54 Å². The Morgan fingerprint density at radius 2 is 2.05 bits per heavy atom. The standard InChI is InChI=1S/C16H18N2O2/c1-5-8-18-14(16(20)17(3)4)10-12-7-6-11(2)9-13(12)15(18)19/h5-7,9-10H,1,8H2,2-4H3. The molecule has 0 atom stereocenters. The number of allylic oxidation sites excluding steroid dienone is 1. The van der Waals surface area contributed by atoms with Crippen LogP contribution in [0.1, 0.15) is 16.1 Å². The lowest BCUT2D eigenvalue weighted by Crippen LogP contribution is -2.31. The van der Waals surface area contributed by atoms with E-state index in [9.17, 15) is 9.59 Å². The minimum Gasteiger partial charge on any atom is -0.343 e. The topological polar surface area (TPSA) is 42.3 Å². The third-order valence-electron chi connectivity index (χ3n) is 3.20. The Morgan fingerprint density at radius 3 is 2.65 bits per heavy atom. The van der Waals surface area contributed by atoms with Gasteiger partial charge in [-0.1, -0.05) is 23.8 Å². The summed E-state index contributed by atoms with van der Waals surface area (Å²) in [6.45, 7) is 5.91. The lowest BCUT2D eigenvalue weighted by molar-refractivity contribution is 0.0816. The monoisotopic (exact) mass is 270 g/mol. The number of carbonyl (C=O) groups is 1. The average molecular weight is 270 g/mol. The van der Waals surface area contributed by atoms with Crippen molar-refractivity contribution in [3.05, 3.63) is 58.5 Å². The molecule has 0 bridgehead atoms. The fourth-order valence-electron chi connectivity index (χ4n) is 2.18. The van der Waals surface area contributed by atoms with Crippen molar-refractivity contribution in [2.75, 3.05) is 14.1 Å². The van der Waals surface area contributed by atoms with Gasteiger partial charge in [-0.15, -0.1) is 6.58 Å². The first-order valence-corrected chi connectivity index (χ1v) is 6.42. The van der Waals surface area contributed by atoms with E-state index in [2.05, 4.69) is 6.58 Å². The predicted molar refractivity (Wildman–Crippen MR) is 81.2 cm³/mol. The van der Waals surface area contributed by atoms with Crippen molar-refractivity contribution in [2.45, 2.75) is 13.5 Å². The molecule has 20 heavy (non-hydrogen) atoms. The molecule has 0 saturated heterocycles. The molecule has 1 aromatic carbocycles. The maximum Gasteiger partial charge on any atom is 0.270 e. The van der Waals surface area contributed by atoms with Crippen LogP contribution in [0.5, 0.6) is 0 Å². The van der Waals surface area contributed by atoms with E-state index < -0.39 is 0 Å². The molecule has 2 aromatic rings. The van der Waals surface area contributed by atoms with Gasteiger partial charge < -0.3 is 4.90 Å². The zero-order valence-electron chi connectivity index (χ0n) is 12.0. The summed E-state index contributed by atoms with van der Waals surface area (Å²) >= 11 is 0. The number of rotatable bonds is 3. The zero-order valence-corrected chi connectivity index (χ0v) is 12.0. The molecule has 4 heteroatoms. The summed E-state index contributed by atoms with van der Waals surface area (Å²) in [5, 5.41) is 1.41. The molecule has 0 unspecified atom stereocenters. The molecule has 1 aromatic heterocycles. The van der Waals surface area contributed by atoms with Gasteiger partial charge in [-0.25, -0.2) is 0 Å². The molecule has 0 N–H and O–H groups in total. The van der Waals surface area contributed by atoms with Crippen LogP contribution in [-0.4, -0.2) is 29.5 Å². The number of aromatic nitrogens is 1. The summed E-state index contributed by atoms with van der Waals surface area (Å²) in [5.74, 6) is -0.188. The van der Waals surface area contributed by atoms with Crippen molar-refractivity contribution < 1.29 is 4.79 Å². The molecule has 104 valence electrons. The Morgan fingerprint density at radius 1 is 1.35 bits per heavy atom. The summed E-state index contributed by atoms with van der Waals surface area (Å²) in [6.07, 6.45) is 1.62. The molecule has 2 rings (SSSR count). The number of hydrogen-bond donors (Lipinski definition) is 0. The third kappa shape index (κ3) is 2.37. The smallest absolute Gasteiger partial charge is 0.270 e. The van der Waals surface area contributed by atoms with Gasteiger partial charge in [0.05, 0.1) is 0 Å². The van der Waals surface area contributed by atoms with Crippen LogP contribution >= 0.6 is 0 Å². The zero-order chi connectivity index (χ0) is 14.9. The minimum absolute atomic E-state index is 0.156. The van der Waals surface area contributed by atoms with Crippen LogP contribution in [0.15, 0.2) is 41.7 Å². The van der Waals surface area contributed by atoms with Gasteiger partial charge in [0.2, 0.25) is 0 Å². The molecule has 0 aliphatic carbocycles. The molecule has 1 amide bonds. The summed E-state index contributed by atoms with van der Waals surface area (Å²) in [4.78, 5) is 26.3. The van der Waals surface area contributed by atoms with Crippen LogP contribution in [0, 0.1) is 6.92 Å². The van der Waals surface area contributed by atoms with E-state index in [1.165, 1.54) is 9.47 Å². The van der Waals surface area contributed by atoms with Crippen molar-refractivity contribution in [3.8, 4) is 0 Å². The highest BCUT2D eigenvalue weighted by Gasteiger charge is 2.16. The number of hydrogen-bond acceptors (Lipinski definition) is 2. The summed E-state index contributed by atoms with van der Waals surface area (Å²) in [7, 11) is 3.34. The lowest BCUT2D eigenvalue weighted by atomic mass is 10.1. The predicted octanol–water partition coefficient (Wildman–Crippen LogP) is 2.20. The average Bonchev–Trinajstić information content (AvgIpc) is 2.41. The summed E-state index contributed by atoms with van der Waals surface area (Å²) < 4.78 is 1.47. The summed E-state index contributed by atoms with van der Waals surface area (Å²) in [5.41, 5.74) is 1.25. The quantitative estimate of drug-likeness (QED) is 0.802. The number of nitrogens with zero attached hydrogens (tertiary/aromatic N) is 2. The molecule has 0 fully saturated rings. The Hall–Kier alpha value is -2.36. The van der Waals surface area contributed by atoms with Gasteiger partial charge in [0.15, 0.2) is 0 Å². The Balaban J connectivity index is 2.83. The van der Waals surface area contributed by atoms with E-state index in [1.807, 2.05) is 25.1 Å². The molecule has 0 spiro atoms. The molecular weight excluding hydrogens is 252 g/mol. The molecule has 0 saturated carbocycles. The molecule has 0 aliphatic rings. The first-order valence-electron chi connectivity index (χ1n) is 6.42. The Kier molecular flexibility index (Phi) is 3.74. The van der Waals surface area contributed by atoms with Gasteiger partial charge in [0.1, 0.15) is 5.69 Å². The van der Waals surface area contributed by atoms with Gasteiger partial charge in [0.25, 0.3) is 11.5 Å². The number of carbonyl (C=O) groups excluding carboxylic acids is 1. The van der Waals surface area contributed by atoms with E-state index in [-0.39, 0.29) is 11.5 Å². The van der Waals surface area contributed by atoms with Crippen LogP contribution < -0.4 is 5.56 Å². The van der Waals surface area contributed by atoms with Crippen molar-refractivity contribution >= 4 is 16.7 Å². The number of fused-ring (bicyclic) bond motifs is 1. The van der Waals surface area contributed by atoms with Crippen molar-refractivity contribution in [2.24, 2.45) is 0 Å². The van der Waals surface area contributed by atoms with Gasteiger partial charge in [0, 0.05) is 26.0 Å². The van der Waals surface area contributed by atoms with Crippen LogP contribution in [0.25, 0.3) is 10.8 Å². The SMILES string of the molecule is C=CCn1c(C(=O)N(C)C)cc2ccc(C)cc2c1=O. The second-order valence-corrected chi connectivity index (χ2v) is 5.02. The van der Waals surface area contributed by atoms with E-state index in [0.717, 1.165) is 10.9 Å². The summed E-state index contributed by atoms with van der Waals surface area (Å²) in [6, 6.07) is 7.42. The molecule has 1 heterocycles. The highest BCUT2D eigenvalue weighted by Crippen LogP contribution is 2.15. The van der Waals surface area contributed by atoms with Crippen molar-refractivity contribution in [1.82, 2.24) is 9.47 Å². The van der Waals surface area contributed by atoms with Gasteiger partial charge in [-0.05, 0) is 24.4 Å². The molecule has 0 radical (unpaired) electrons. The van der Waals surface area contributed by atoms with E-state index >= 15 is 0 Å². The number of aryl methyl sites for hydroxylation is 1. The van der Waals surface area contributed by atoms with Crippen molar-refractivity contribution in [3.63, 3.8) is 0 Å². The maximum absolute atomic E-state index is 12.6. The second kappa shape index (κ2) is 5.33. The second-order valence-electron chi connectivity index (χ2n) is 5.02. The largest absolute Gasteiger partial charge is 0.343 e. The third-order valence-corrected chi connectivity index (χ3v) is 3.20. The Labute approximate surface area is 117 Å². The molecule has 4 nitrogen and oxygen atoms in total. The first-order chi connectivity index (χ1) is 9.45. The van der Waals surface area contributed by atoms with Crippen LogP contribution in [0.3, 0.4) is 0 Å². The van der Waals surface area contributed by atoms with E-state index in [4.69, 9.17) is 0 Å². The van der Waals surface area contributed by atoms with Gasteiger partial charge in [-0.3, -0.25) is 14.2 Å². The highest BCUT2D eigenvalue weighted by atomic mass is 16.2. The molecule has 0 aliphatic heterocycles.